The molecule has 0 fully saturated rings. The lowest BCUT2D eigenvalue weighted by molar-refractivity contribution is -0.113. The molecule has 3 aromatic heterocycles. The molecule has 1 N–H and O–H groups in total. The van der Waals surface area contributed by atoms with Crippen LogP contribution in [0.2, 0.25) is 0 Å². The first-order valence-electron chi connectivity index (χ1n) is 10.00. The van der Waals surface area contributed by atoms with E-state index in [0.29, 0.717) is 28.0 Å². The standard InChI is InChI=1S/C22H21N5O5S2/c1-26-19-17(21(29)27(2)22(26)30)20(25-18(24-19)15-6-5-9-33-15)34-11-16(28)23-13-8-7-12(31-3)10-14(13)32-4/h5-10H,11H2,1-4H3,(H,23,28). The van der Waals surface area contributed by atoms with E-state index in [4.69, 9.17) is 9.47 Å². The summed E-state index contributed by atoms with van der Waals surface area (Å²) in [5.74, 6) is 1.08. The number of thioether (sulfide) groups is 1. The number of thiophene rings is 1. The number of aryl methyl sites for hydroxylation is 1. The minimum Gasteiger partial charge on any atom is -0.497 e. The van der Waals surface area contributed by atoms with Crippen LogP contribution in [0.5, 0.6) is 11.5 Å². The van der Waals surface area contributed by atoms with Crippen molar-refractivity contribution in [1.29, 1.82) is 0 Å². The lowest BCUT2D eigenvalue weighted by Crippen LogP contribution is -2.37. The van der Waals surface area contributed by atoms with E-state index in [1.165, 1.54) is 30.1 Å². The van der Waals surface area contributed by atoms with Crippen LogP contribution in [-0.4, -0.2) is 45.0 Å². The SMILES string of the molecule is COc1ccc(NC(=O)CSc2nc(-c3cccs3)nc3c2c(=O)n(C)c(=O)n3C)c(OC)c1. The number of hydrogen-bond donors (Lipinski definition) is 1. The third kappa shape index (κ3) is 4.41. The van der Waals surface area contributed by atoms with Gasteiger partial charge in [-0.15, -0.1) is 11.3 Å². The zero-order valence-corrected chi connectivity index (χ0v) is 20.5. The highest BCUT2D eigenvalue weighted by Crippen LogP contribution is 2.31. The molecule has 0 radical (unpaired) electrons. The molecule has 176 valence electrons. The molecule has 34 heavy (non-hydrogen) atoms. The fourth-order valence-corrected chi connectivity index (χ4v) is 4.74. The van der Waals surface area contributed by atoms with E-state index in [1.54, 1.807) is 32.4 Å². The van der Waals surface area contributed by atoms with Crippen molar-refractivity contribution in [3.63, 3.8) is 0 Å². The van der Waals surface area contributed by atoms with Gasteiger partial charge in [0.2, 0.25) is 5.91 Å². The molecule has 0 unspecified atom stereocenters. The fraction of sp³-hybridized carbons (Fsp3) is 0.227. The quantitative estimate of drug-likeness (QED) is 0.305. The first kappa shape index (κ1) is 23.5. The van der Waals surface area contributed by atoms with E-state index in [2.05, 4.69) is 15.3 Å². The number of anilines is 1. The number of aromatic nitrogens is 4. The number of methoxy groups -OCH3 is 2. The first-order chi connectivity index (χ1) is 16.3. The molecule has 0 aliphatic rings. The third-order valence-electron chi connectivity index (χ3n) is 5.03. The zero-order valence-electron chi connectivity index (χ0n) is 18.8. The average Bonchev–Trinajstić information content (AvgIpc) is 3.39. The predicted octanol–water partition coefficient (Wildman–Crippen LogP) is 2.50. The van der Waals surface area contributed by atoms with Crippen LogP contribution in [0.3, 0.4) is 0 Å². The molecule has 4 rings (SSSR count). The van der Waals surface area contributed by atoms with Crippen LogP contribution >= 0.6 is 23.1 Å². The van der Waals surface area contributed by atoms with Crippen molar-refractivity contribution in [2.75, 3.05) is 25.3 Å². The molecule has 0 aliphatic carbocycles. The number of amides is 1. The maximum atomic E-state index is 12.9. The van der Waals surface area contributed by atoms with Gasteiger partial charge in [0.15, 0.2) is 11.5 Å². The number of hydrogen-bond acceptors (Lipinski definition) is 9. The number of nitrogens with zero attached hydrogens (tertiary/aromatic N) is 4. The molecule has 12 heteroatoms. The van der Waals surface area contributed by atoms with E-state index < -0.39 is 11.2 Å². The molecule has 3 heterocycles. The van der Waals surface area contributed by atoms with Crippen molar-refractivity contribution < 1.29 is 14.3 Å². The van der Waals surface area contributed by atoms with Gasteiger partial charge >= 0.3 is 5.69 Å². The van der Waals surface area contributed by atoms with Gasteiger partial charge in [0.05, 0.1) is 30.5 Å². The van der Waals surface area contributed by atoms with Crippen LogP contribution < -0.4 is 26.0 Å². The summed E-state index contributed by atoms with van der Waals surface area (Å²) in [4.78, 5) is 48.0. The van der Waals surface area contributed by atoms with Crippen molar-refractivity contribution in [1.82, 2.24) is 19.1 Å². The molecule has 0 aliphatic heterocycles. The second-order valence-corrected chi connectivity index (χ2v) is 9.05. The first-order valence-corrected chi connectivity index (χ1v) is 11.9. The highest BCUT2D eigenvalue weighted by atomic mass is 32.2. The van der Waals surface area contributed by atoms with Crippen LogP contribution in [0.25, 0.3) is 21.7 Å². The van der Waals surface area contributed by atoms with E-state index >= 15 is 0 Å². The topological polar surface area (TPSA) is 117 Å². The van der Waals surface area contributed by atoms with Crippen LogP contribution in [0, 0.1) is 0 Å². The van der Waals surface area contributed by atoms with Gasteiger partial charge in [0.1, 0.15) is 21.9 Å². The van der Waals surface area contributed by atoms with Gasteiger partial charge in [-0.05, 0) is 23.6 Å². The van der Waals surface area contributed by atoms with Gasteiger partial charge in [-0.25, -0.2) is 14.8 Å². The number of nitrogens with one attached hydrogen (secondary N) is 1. The second kappa shape index (κ2) is 9.69. The number of carbonyl (C=O) groups is 1. The Balaban J connectivity index is 1.69. The van der Waals surface area contributed by atoms with Crippen LogP contribution in [0.4, 0.5) is 5.69 Å². The Morgan fingerprint density at radius 2 is 1.91 bits per heavy atom. The molecular weight excluding hydrogens is 478 g/mol. The molecule has 0 saturated heterocycles. The molecule has 4 aromatic rings. The van der Waals surface area contributed by atoms with Gasteiger partial charge in [0, 0.05) is 20.2 Å². The number of fused-ring (bicyclic) bond motifs is 1. The maximum Gasteiger partial charge on any atom is 0.332 e. The van der Waals surface area contributed by atoms with E-state index in [0.717, 1.165) is 21.2 Å². The minimum atomic E-state index is -0.518. The highest BCUT2D eigenvalue weighted by Gasteiger charge is 2.19. The summed E-state index contributed by atoms with van der Waals surface area (Å²) in [6.45, 7) is 0. The summed E-state index contributed by atoms with van der Waals surface area (Å²) in [6.07, 6.45) is 0. The third-order valence-corrected chi connectivity index (χ3v) is 6.87. The molecule has 0 spiro atoms. The average molecular weight is 500 g/mol. The fourth-order valence-electron chi connectivity index (χ4n) is 3.27. The van der Waals surface area contributed by atoms with Crippen LogP contribution in [0.1, 0.15) is 0 Å². The van der Waals surface area contributed by atoms with Gasteiger partial charge in [0.25, 0.3) is 5.56 Å². The Kier molecular flexibility index (Phi) is 6.70. The van der Waals surface area contributed by atoms with Gasteiger partial charge in [-0.3, -0.25) is 18.7 Å². The van der Waals surface area contributed by atoms with E-state index in [1.807, 2.05) is 17.5 Å². The monoisotopic (exact) mass is 499 g/mol. The molecular formula is C22H21N5O5S2. The number of ether oxygens (including phenoxy) is 2. The molecule has 0 bridgehead atoms. The number of rotatable bonds is 7. The Morgan fingerprint density at radius 3 is 2.59 bits per heavy atom. The Bertz CT molecular complexity index is 1490. The predicted molar refractivity (Wildman–Crippen MR) is 132 cm³/mol. The Morgan fingerprint density at radius 1 is 1.12 bits per heavy atom. The van der Waals surface area contributed by atoms with Crippen LogP contribution in [0.15, 0.2) is 50.3 Å². The summed E-state index contributed by atoms with van der Waals surface area (Å²) in [7, 11) is 5.99. The highest BCUT2D eigenvalue weighted by molar-refractivity contribution is 8.00. The van der Waals surface area contributed by atoms with Crippen molar-refractivity contribution >= 4 is 45.7 Å². The summed E-state index contributed by atoms with van der Waals surface area (Å²) in [6, 6.07) is 8.76. The maximum absolute atomic E-state index is 12.9. The summed E-state index contributed by atoms with van der Waals surface area (Å²) in [5.41, 5.74) is -0.311. The van der Waals surface area contributed by atoms with Gasteiger partial charge in [-0.2, -0.15) is 0 Å². The summed E-state index contributed by atoms with van der Waals surface area (Å²) in [5, 5.41) is 5.19. The van der Waals surface area contributed by atoms with Gasteiger partial charge in [-0.1, -0.05) is 17.8 Å². The summed E-state index contributed by atoms with van der Waals surface area (Å²) < 4.78 is 12.8. The molecule has 1 aromatic carbocycles. The normalized spacial score (nSPS) is 10.9. The van der Waals surface area contributed by atoms with Gasteiger partial charge < -0.3 is 14.8 Å². The minimum absolute atomic E-state index is 0.0306. The Labute approximate surface area is 202 Å². The van der Waals surface area contributed by atoms with Crippen LogP contribution in [-0.2, 0) is 18.9 Å². The van der Waals surface area contributed by atoms with Crippen molar-refractivity contribution in [3.05, 3.63) is 56.5 Å². The van der Waals surface area contributed by atoms with Crippen molar-refractivity contribution in [2.24, 2.45) is 14.1 Å². The zero-order chi connectivity index (χ0) is 24.4. The lowest BCUT2D eigenvalue weighted by atomic mass is 10.2. The summed E-state index contributed by atoms with van der Waals surface area (Å²) >= 11 is 2.53. The molecule has 10 nitrogen and oxygen atoms in total. The van der Waals surface area contributed by atoms with Crippen molar-refractivity contribution in [2.45, 2.75) is 5.03 Å². The smallest absolute Gasteiger partial charge is 0.332 e. The molecule has 1 amide bonds. The molecule has 0 saturated carbocycles. The second-order valence-electron chi connectivity index (χ2n) is 7.14. The van der Waals surface area contributed by atoms with Crippen molar-refractivity contribution in [3.8, 4) is 22.2 Å². The number of benzene rings is 1. The Hall–Kier alpha value is -3.64. The number of carbonyl (C=O) groups excluding carboxylic acids is 1. The lowest BCUT2D eigenvalue weighted by Gasteiger charge is -2.13. The largest absolute Gasteiger partial charge is 0.497 e. The van der Waals surface area contributed by atoms with E-state index in [9.17, 15) is 14.4 Å². The molecule has 0 atom stereocenters. The van der Waals surface area contributed by atoms with E-state index in [-0.39, 0.29) is 22.7 Å².